The molecule has 28 heavy (non-hydrogen) atoms. The minimum absolute atomic E-state index is 0.116. The molecule has 0 aliphatic rings. The summed E-state index contributed by atoms with van der Waals surface area (Å²) >= 11 is 2.80. The molecular weight excluding hydrogens is 394 g/mol. The number of aromatic nitrogens is 2. The third kappa shape index (κ3) is 4.82. The average molecular weight is 416 g/mol. The lowest BCUT2D eigenvalue weighted by molar-refractivity contribution is -0.115. The van der Waals surface area contributed by atoms with Crippen LogP contribution in [0.1, 0.15) is 12.5 Å². The largest absolute Gasteiger partial charge is 0.497 e. The monoisotopic (exact) mass is 415 g/mol. The van der Waals surface area contributed by atoms with E-state index in [2.05, 4.69) is 15.5 Å². The van der Waals surface area contributed by atoms with Crippen molar-refractivity contribution in [1.29, 1.82) is 0 Å². The van der Waals surface area contributed by atoms with E-state index in [-0.39, 0.29) is 11.2 Å². The number of rotatable bonds is 7. The van der Waals surface area contributed by atoms with Crippen molar-refractivity contribution in [3.8, 4) is 22.1 Å². The zero-order chi connectivity index (χ0) is 20.1. The van der Waals surface area contributed by atoms with Gasteiger partial charge in [0.2, 0.25) is 11.0 Å². The predicted molar refractivity (Wildman–Crippen MR) is 114 cm³/mol. The van der Waals surface area contributed by atoms with Gasteiger partial charge in [0.15, 0.2) is 5.01 Å². The number of hydrogen-bond donors (Lipinski definition) is 1. The van der Waals surface area contributed by atoms with Gasteiger partial charge in [0.1, 0.15) is 11.5 Å². The normalized spacial score (nSPS) is 11.7. The van der Waals surface area contributed by atoms with Gasteiger partial charge in [-0.05, 0) is 38.1 Å². The molecule has 2 aromatic carbocycles. The highest BCUT2D eigenvalue weighted by Crippen LogP contribution is 2.36. The first kappa shape index (κ1) is 20.2. The molecule has 3 rings (SSSR count). The molecule has 0 radical (unpaired) electrons. The van der Waals surface area contributed by atoms with Crippen LogP contribution in [0.4, 0.5) is 5.13 Å². The van der Waals surface area contributed by atoms with E-state index in [9.17, 15) is 4.79 Å². The summed E-state index contributed by atoms with van der Waals surface area (Å²) in [6.45, 7) is 3.91. The molecule has 0 saturated heterocycles. The van der Waals surface area contributed by atoms with E-state index in [1.165, 1.54) is 28.7 Å². The number of ether oxygens (including phenoxy) is 2. The van der Waals surface area contributed by atoms with Gasteiger partial charge in [-0.3, -0.25) is 10.1 Å². The minimum Gasteiger partial charge on any atom is -0.497 e. The Morgan fingerprint density at radius 2 is 1.86 bits per heavy atom. The van der Waals surface area contributed by atoms with Crippen LogP contribution < -0.4 is 14.8 Å². The first-order valence-corrected chi connectivity index (χ1v) is 10.3. The highest BCUT2D eigenvalue weighted by atomic mass is 32.2. The van der Waals surface area contributed by atoms with E-state index >= 15 is 0 Å². The Morgan fingerprint density at radius 1 is 1.11 bits per heavy atom. The molecule has 0 unspecified atom stereocenters. The van der Waals surface area contributed by atoms with Crippen LogP contribution in [0.3, 0.4) is 0 Å². The number of hydrogen-bond acceptors (Lipinski definition) is 7. The summed E-state index contributed by atoms with van der Waals surface area (Å²) in [5.41, 5.74) is 1.99. The van der Waals surface area contributed by atoms with Gasteiger partial charge in [0.25, 0.3) is 0 Å². The molecule has 1 aromatic heterocycles. The zero-order valence-corrected chi connectivity index (χ0v) is 17.7. The summed E-state index contributed by atoms with van der Waals surface area (Å²) in [6, 6.07) is 13.6. The fourth-order valence-electron chi connectivity index (χ4n) is 2.44. The molecule has 146 valence electrons. The number of nitrogens with one attached hydrogen (secondary N) is 1. The molecule has 1 amide bonds. The van der Waals surface area contributed by atoms with E-state index in [0.717, 1.165) is 10.5 Å². The maximum atomic E-state index is 12.5. The van der Waals surface area contributed by atoms with Gasteiger partial charge in [-0.25, -0.2) is 0 Å². The molecule has 6 nitrogen and oxygen atoms in total. The second kappa shape index (κ2) is 9.07. The third-order valence-electron chi connectivity index (χ3n) is 4.00. The standard InChI is InChI=1S/C20H21N3O3S2/c1-12-5-8-15(9-6-12)27-13(2)18(24)21-20-23-22-19(28-20)16-10-7-14(25-3)11-17(16)26-4/h5-11,13H,1-4H3,(H,21,23,24)/t13-/m1/s1. The van der Waals surface area contributed by atoms with Crippen molar-refractivity contribution < 1.29 is 14.3 Å². The Morgan fingerprint density at radius 3 is 2.54 bits per heavy atom. The van der Waals surface area contributed by atoms with E-state index < -0.39 is 0 Å². The molecule has 0 bridgehead atoms. The van der Waals surface area contributed by atoms with Crippen LogP contribution in [-0.2, 0) is 4.79 Å². The Hall–Kier alpha value is -2.58. The number of anilines is 1. The van der Waals surface area contributed by atoms with Gasteiger partial charge in [-0.1, -0.05) is 29.0 Å². The summed E-state index contributed by atoms with van der Waals surface area (Å²) in [4.78, 5) is 13.6. The van der Waals surface area contributed by atoms with Gasteiger partial charge in [0.05, 0.1) is 25.0 Å². The van der Waals surface area contributed by atoms with Gasteiger partial charge >= 0.3 is 0 Å². The van der Waals surface area contributed by atoms with Crippen molar-refractivity contribution in [3.63, 3.8) is 0 Å². The first-order valence-electron chi connectivity index (χ1n) is 8.60. The Bertz CT molecular complexity index is 958. The lowest BCUT2D eigenvalue weighted by atomic mass is 10.2. The van der Waals surface area contributed by atoms with Crippen LogP contribution in [0.5, 0.6) is 11.5 Å². The summed E-state index contributed by atoms with van der Waals surface area (Å²) in [5.74, 6) is 1.22. The molecule has 0 saturated carbocycles. The number of thioether (sulfide) groups is 1. The van der Waals surface area contributed by atoms with Crippen molar-refractivity contribution in [1.82, 2.24) is 10.2 Å². The van der Waals surface area contributed by atoms with Crippen molar-refractivity contribution in [2.75, 3.05) is 19.5 Å². The highest BCUT2D eigenvalue weighted by Gasteiger charge is 2.18. The van der Waals surface area contributed by atoms with Crippen molar-refractivity contribution in [2.24, 2.45) is 0 Å². The average Bonchev–Trinajstić information content (AvgIpc) is 3.17. The second-order valence-corrected chi connectivity index (χ2v) is 8.43. The van der Waals surface area contributed by atoms with Gasteiger partial charge in [-0.15, -0.1) is 22.0 Å². The molecule has 1 heterocycles. The van der Waals surface area contributed by atoms with Crippen LogP contribution in [0.15, 0.2) is 47.4 Å². The van der Waals surface area contributed by atoms with E-state index in [1.807, 2.05) is 50.2 Å². The number of carbonyl (C=O) groups is 1. The van der Waals surface area contributed by atoms with Crippen molar-refractivity contribution in [3.05, 3.63) is 48.0 Å². The number of methoxy groups -OCH3 is 2. The van der Waals surface area contributed by atoms with E-state index in [0.29, 0.717) is 21.6 Å². The first-order chi connectivity index (χ1) is 13.5. The number of carbonyl (C=O) groups excluding carboxylic acids is 1. The van der Waals surface area contributed by atoms with Crippen molar-refractivity contribution in [2.45, 2.75) is 24.0 Å². The number of nitrogens with zero attached hydrogens (tertiary/aromatic N) is 2. The zero-order valence-electron chi connectivity index (χ0n) is 16.1. The van der Waals surface area contributed by atoms with Gasteiger partial charge in [0, 0.05) is 11.0 Å². The number of amides is 1. The summed E-state index contributed by atoms with van der Waals surface area (Å²) in [5, 5.41) is 12.0. The SMILES string of the molecule is COc1ccc(-c2nnc(NC(=O)[C@@H](C)Sc3ccc(C)cc3)s2)c(OC)c1. The maximum Gasteiger partial charge on any atom is 0.239 e. The van der Waals surface area contributed by atoms with Gasteiger partial charge in [-0.2, -0.15) is 0 Å². The Balaban J connectivity index is 1.68. The molecule has 0 aliphatic heterocycles. The number of benzene rings is 2. The summed E-state index contributed by atoms with van der Waals surface area (Å²) in [6.07, 6.45) is 0. The summed E-state index contributed by atoms with van der Waals surface area (Å²) in [7, 11) is 3.19. The fourth-order valence-corrected chi connectivity index (χ4v) is 4.08. The van der Waals surface area contributed by atoms with Crippen LogP contribution in [0.2, 0.25) is 0 Å². The minimum atomic E-state index is -0.259. The van der Waals surface area contributed by atoms with E-state index in [4.69, 9.17) is 9.47 Å². The molecule has 1 N–H and O–H groups in total. The molecule has 0 spiro atoms. The fraction of sp³-hybridized carbons (Fsp3) is 0.250. The lowest BCUT2D eigenvalue weighted by Gasteiger charge is -2.10. The number of aryl methyl sites for hydroxylation is 1. The molecule has 1 atom stereocenters. The topological polar surface area (TPSA) is 73.3 Å². The van der Waals surface area contributed by atoms with Crippen LogP contribution in [0.25, 0.3) is 10.6 Å². The molecule has 3 aromatic rings. The predicted octanol–water partition coefficient (Wildman–Crippen LogP) is 4.65. The van der Waals surface area contributed by atoms with Crippen LogP contribution in [-0.4, -0.2) is 35.6 Å². The van der Waals surface area contributed by atoms with Crippen LogP contribution >= 0.6 is 23.1 Å². The maximum absolute atomic E-state index is 12.5. The van der Waals surface area contributed by atoms with Gasteiger partial charge < -0.3 is 9.47 Å². The smallest absolute Gasteiger partial charge is 0.239 e. The third-order valence-corrected chi connectivity index (χ3v) is 5.98. The quantitative estimate of drug-likeness (QED) is 0.566. The summed E-state index contributed by atoms with van der Waals surface area (Å²) < 4.78 is 10.6. The van der Waals surface area contributed by atoms with E-state index in [1.54, 1.807) is 20.3 Å². The molecule has 8 heteroatoms. The van der Waals surface area contributed by atoms with Crippen LogP contribution in [0, 0.1) is 6.92 Å². The lowest BCUT2D eigenvalue weighted by Crippen LogP contribution is -2.22. The van der Waals surface area contributed by atoms with Crippen molar-refractivity contribution >= 4 is 34.1 Å². The Kier molecular flexibility index (Phi) is 6.53. The molecular formula is C20H21N3O3S2. The highest BCUT2D eigenvalue weighted by molar-refractivity contribution is 8.00. The Labute approximate surface area is 172 Å². The second-order valence-electron chi connectivity index (χ2n) is 6.04. The molecule has 0 aliphatic carbocycles. The molecule has 0 fully saturated rings.